The molecule has 1 atom stereocenters. The molecule has 3 nitrogen and oxygen atoms in total. The third-order valence-electron chi connectivity index (χ3n) is 0.187. The van der Waals surface area contributed by atoms with E-state index in [0.29, 0.717) is 0 Å². The molecule has 0 heterocycles. The van der Waals surface area contributed by atoms with Crippen LogP contribution in [0.5, 0.6) is 0 Å². The zero-order valence-corrected chi connectivity index (χ0v) is 6.42. The van der Waals surface area contributed by atoms with Crippen molar-refractivity contribution in [3.05, 3.63) is 0 Å². The number of aliphatic hydroxyl groups excluding tert-OH is 1. The number of nitrogens with zero attached hydrogens (tertiary/aromatic N) is 1. The largest absolute Gasteiger partial charge is 1.00 e. The van der Waals surface area contributed by atoms with Crippen molar-refractivity contribution in [1.29, 1.82) is 5.26 Å². The number of rotatable bonds is 0. The Morgan fingerprint density at radius 1 is 1.71 bits per heavy atom. The second-order valence-electron chi connectivity index (χ2n) is 0.805. The minimum Gasteiger partial charge on any atom is -0.870 e. The zero-order chi connectivity index (χ0) is 4.28. The minimum atomic E-state index is -0.810. The van der Waals surface area contributed by atoms with Gasteiger partial charge in [0.15, 0.2) is 0 Å². The fourth-order valence-corrected chi connectivity index (χ4v) is 0. The van der Waals surface area contributed by atoms with E-state index >= 15 is 0 Å². The van der Waals surface area contributed by atoms with Crippen molar-refractivity contribution in [3.8, 4) is 6.07 Å². The van der Waals surface area contributed by atoms with Crippen molar-refractivity contribution in [1.82, 2.24) is 0 Å². The van der Waals surface area contributed by atoms with E-state index in [1.807, 2.05) is 0 Å². The van der Waals surface area contributed by atoms with E-state index in [2.05, 4.69) is 0 Å². The second-order valence-corrected chi connectivity index (χ2v) is 0.805. The first-order valence-corrected chi connectivity index (χ1v) is 1.35. The van der Waals surface area contributed by atoms with Gasteiger partial charge in [0.2, 0.25) is 0 Å². The third kappa shape index (κ3) is 21.5. The summed E-state index contributed by atoms with van der Waals surface area (Å²) in [5, 5.41) is 15.6. The van der Waals surface area contributed by atoms with Crippen LogP contribution in [0.3, 0.4) is 0 Å². The summed E-state index contributed by atoms with van der Waals surface area (Å²) in [5.41, 5.74) is 0. The Kier molecular flexibility index (Phi) is 21.6. The van der Waals surface area contributed by atoms with Crippen LogP contribution in [0.25, 0.3) is 0 Å². The van der Waals surface area contributed by atoms with Crippen LogP contribution < -0.4 is 29.6 Å². The Morgan fingerprint density at radius 3 is 1.86 bits per heavy atom. The van der Waals surface area contributed by atoms with E-state index in [1.54, 1.807) is 6.07 Å². The van der Waals surface area contributed by atoms with Crippen LogP contribution in [0, 0.1) is 11.3 Å². The third-order valence-corrected chi connectivity index (χ3v) is 0.187. The van der Waals surface area contributed by atoms with E-state index < -0.39 is 6.10 Å². The predicted octanol–water partition coefficient (Wildman–Crippen LogP) is -3.28. The topological polar surface area (TPSA) is 74.0 Å². The van der Waals surface area contributed by atoms with E-state index in [4.69, 9.17) is 10.4 Å². The number of hydrogen-bond acceptors (Lipinski definition) is 3. The van der Waals surface area contributed by atoms with Crippen molar-refractivity contribution in [2.24, 2.45) is 0 Å². The fraction of sp³-hybridized carbons (Fsp3) is 0.667. The molecule has 4 heteroatoms. The molecule has 0 aliphatic carbocycles. The molecule has 2 N–H and O–H groups in total. The smallest absolute Gasteiger partial charge is 0.870 e. The van der Waals surface area contributed by atoms with Crippen LogP contribution in [0.2, 0.25) is 0 Å². The zero-order valence-electron chi connectivity index (χ0n) is 4.42. The molecule has 0 aromatic rings. The molecule has 0 aromatic heterocycles. The Balaban J connectivity index is -0.0000000800. The standard InChI is InChI=1S/C3H5NO.Na.H2O/c1-3(5)2-4;;/h3,5H,1H3;;1H2/q;+1;/p-1. The minimum absolute atomic E-state index is 0. The first-order chi connectivity index (χ1) is 2.27. The molecule has 0 aliphatic rings. The van der Waals surface area contributed by atoms with Crippen LogP contribution in [-0.4, -0.2) is 16.7 Å². The van der Waals surface area contributed by atoms with E-state index in [9.17, 15) is 0 Å². The maximum Gasteiger partial charge on any atom is 1.00 e. The monoisotopic (exact) mass is 111 g/mol. The van der Waals surface area contributed by atoms with Gasteiger partial charge in [-0.2, -0.15) is 5.26 Å². The molecule has 0 spiro atoms. The Morgan fingerprint density at radius 2 is 1.86 bits per heavy atom. The first kappa shape index (κ1) is 15.7. The van der Waals surface area contributed by atoms with Crippen LogP contribution in [-0.2, 0) is 0 Å². The molecular weight excluding hydrogens is 105 g/mol. The van der Waals surface area contributed by atoms with Gasteiger partial charge in [-0.1, -0.05) is 0 Å². The van der Waals surface area contributed by atoms with Crippen LogP contribution in [0.15, 0.2) is 0 Å². The molecule has 0 saturated carbocycles. The van der Waals surface area contributed by atoms with Gasteiger partial charge in [0.25, 0.3) is 0 Å². The van der Waals surface area contributed by atoms with Crippen molar-refractivity contribution in [2.45, 2.75) is 13.0 Å². The number of nitriles is 1. The maximum atomic E-state index is 8.00. The van der Waals surface area contributed by atoms with Gasteiger partial charge >= 0.3 is 29.6 Å². The average molecular weight is 111 g/mol. The average Bonchev–Trinajstić information content (AvgIpc) is 1.38. The van der Waals surface area contributed by atoms with Gasteiger partial charge in [-0.15, -0.1) is 0 Å². The van der Waals surface area contributed by atoms with Crippen molar-refractivity contribution >= 4 is 0 Å². The first-order valence-electron chi connectivity index (χ1n) is 1.35. The van der Waals surface area contributed by atoms with Gasteiger partial charge in [-0.25, -0.2) is 0 Å². The predicted molar refractivity (Wildman–Crippen MR) is 19.2 cm³/mol. The molecule has 0 rings (SSSR count). The summed E-state index contributed by atoms with van der Waals surface area (Å²) >= 11 is 0. The molecule has 0 aliphatic heterocycles. The molecule has 1 unspecified atom stereocenters. The summed E-state index contributed by atoms with van der Waals surface area (Å²) in [6, 6.07) is 1.58. The van der Waals surface area contributed by atoms with Gasteiger partial charge in [0, 0.05) is 0 Å². The molecule has 0 bridgehead atoms. The SMILES string of the molecule is CC(O)C#N.[Na+].[OH-]. The molecule has 7 heavy (non-hydrogen) atoms. The van der Waals surface area contributed by atoms with Crippen molar-refractivity contribution in [2.75, 3.05) is 0 Å². The van der Waals surface area contributed by atoms with Gasteiger partial charge in [-0.05, 0) is 6.92 Å². The van der Waals surface area contributed by atoms with Crippen molar-refractivity contribution in [3.63, 3.8) is 0 Å². The molecule has 0 saturated heterocycles. The molecule has 0 amide bonds. The quantitative estimate of drug-likeness (QED) is 0.263. The van der Waals surface area contributed by atoms with Gasteiger partial charge in [0.05, 0.1) is 6.07 Å². The normalized spacial score (nSPS) is 9.29. The van der Waals surface area contributed by atoms with E-state index in [1.165, 1.54) is 6.92 Å². The summed E-state index contributed by atoms with van der Waals surface area (Å²) < 4.78 is 0. The Labute approximate surface area is 64.6 Å². The van der Waals surface area contributed by atoms with Crippen LogP contribution in [0.1, 0.15) is 6.92 Å². The van der Waals surface area contributed by atoms with E-state index in [-0.39, 0.29) is 35.0 Å². The van der Waals surface area contributed by atoms with Crippen molar-refractivity contribution < 1.29 is 40.1 Å². The summed E-state index contributed by atoms with van der Waals surface area (Å²) in [4.78, 5) is 0. The Bertz CT molecular complexity index is 58.4. The summed E-state index contributed by atoms with van der Waals surface area (Å²) in [6.07, 6.45) is -0.810. The molecule has 0 radical (unpaired) electrons. The number of aliphatic hydroxyl groups is 1. The van der Waals surface area contributed by atoms with Crippen LogP contribution >= 0.6 is 0 Å². The molecule has 36 valence electrons. The fourth-order valence-electron chi connectivity index (χ4n) is 0. The maximum absolute atomic E-state index is 8.00. The van der Waals surface area contributed by atoms with Crippen LogP contribution in [0.4, 0.5) is 0 Å². The Hall–Kier alpha value is 0.410. The number of hydrogen-bond donors (Lipinski definition) is 1. The van der Waals surface area contributed by atoms with Gasteiger partial charge in [-0.3, -0.25) is 0 Å². The summed E-state index contributed by atoms with van der Waals surface area (Å²) in [5.74, 6) is 0. The van der Waals surface area contributed by atoms with E-state index in [0.717, 1.165) is 0 Å². The molecular formula is C3H6NNaO2. The summed E-state index contributed by atoms with van der Waals surface area (Å²) in [6.45, 7) is 1.42. The van der Waals surface area contributed by atoms with Gasteiger partial charge in [0.1, 0.15) is 6.10 Å². The second kappa shape index (κ2) is 9.65. The summed E-state index contributed by atoms with van der Waals surface area (Å²) in [7, 11) is 0. The molecule has 0 aromatic carbocycles. The van der Waals surface area contributed by atoms with Gasteiger partial charge < -0.3 is 10.6 Å². The molecule has 0 fully saturated rings.